The normalized spacial score (nSPS) is 18.1. The van der Waals surface area contributed by atoms with Crippen molar-refractivity contribution in [3.63, 3.8) is 0 Å². The summed E-state index contributed by atoms with van der Waals surface area (Å²) in [6, 6.07) is 8.60. The summed E-state index contributed by atoms with van der Waals surface area (Å²) < 4.78 is 2.41. The molecule has 27 heavy (non-hydrogen) atoms. The third kappa shape index (κ3) is 3.30. The zero-order chi connectivity index (χ0) is 18.2. The number of imidazole rings is 1. The number of nitrogens with zero attached hydrogens (tertiary/aromatic N) is 4. The highest BCUT2D eigenvalue weighted by atomic mass is 35.5. The molecule has 1 aliphatic carbocycles. The van der Waals surface area contributed by atoms with Crippen molar-refractivity contribution in [1.82, 2.24) is 24.6 Å². The van der Waals surface area contributed by atoms with Crippen molar-refractivity contribution in [2.45, 2.75) is 51.2 Å². The van der Waals surface area contributed by atoms with E-state index in [2.05, 4.69) is 24.6 Å². The van der Waals surface area contributed by atoms with Gasteiger partial charge in [-0.1, -0.05) is 36.6 Å². The number of nitrogens with one attached hydrogen (secondary N) is 1. The van der Waals surface area contributed by atoms with E-state index in [9.17, 15) is 0 Å². The number of aromatic nitrogens is 4. The number of benzene rings is 1. The zero-order valence-electron chi connectivity index (χ0n) is 15.4. The maximum Gasteiger partial charge on any atom is 0.0968 e. The van der Waals surface area contributed by atoms with Crippen molar-refractivity contribution in [2.75, 3.05) is 6.54 Å². The number of halogens is 1. The molecular weight excluding hydrogens is 358 g/mol. The number of fused-ring (bicyclic) bond motifs is 1. The van der Waals surface area contributed by atoms with Crippen molar-refractivity contribution in [3.8, 4) is 11.3 Å². The van der Waals surface area contributed by atoms with Crippen LogP contribution in [0.1, 0.15) is 48.7 Å². The highest BCUT2D eigenvalue weighted by molar-refractivity contribution is 6.30. The van der Waals surface area contributed by atoms with Gasteiger partial charge >= 0.3 is 0 Å². The third-order valence-electron chi connectivity index (χ3n) is 5.98. The van der Waals surface area contributed by atoms with E-state index in [1.807, 2.05) is 36.8 Å². The van der Waals surface area contributed by atoms with E-state index in [4.69, 9.17) is 11.6 Å². The number of hydrogen-bond donors (Lipinski definition) is 1. The maximum atomic E-state index is 6.04. The van der Waals surface area contributed by atoms with Gasteiger partial charge in [-0.05, 0) is 25.0 Å². The van der Waals surface area contributed by atoms with Gasteiger partial charge in [-0.25, -0.2) is 4.98 Å². The molecule has 3 aromatic rings. The van der Waals surface area contributed by atoms with Gasteiger partial charge < -0.3 is 4.57 Å². The van der Waals surface area contributed by atoms with E-state index in [0.29, 0.717) is 6.04 Å². The number of H-pyrrole nitrogens is 1. The molecule has 0 amide bonds. The number of hydrogen-bond acceptors (Lipinski definition) is 3. The molecule has 0 saturated heterocycles. The second-order valence-electron chi connectivity index (χ2n) is 7.73. The first-order valence-electron chi connectivity index (χ1n) is 9.83. The molecule has 0 atom stereocenters. The van der Waals surface area contributed by atoms with Crippen LogP contribution in [-0.2, 0) is 19.5 Å². The molecule has 2 aromatic heterocycles. The van der Waals surface area contributed by atoms with E-state index < -0.39 is 0 Å². The van der Waals surface area contributed by atoms with Crippen molar-refractivity contribution in [1.29, 1.82) is 0 Å². The van der Waals surface area contributed by atoms with Crippen LogP contribution in [0, 0.1) is 0 Å². The Morgan fingerprint density at radius 3 is 2.78 bits per heavy atom. The van der Waals surface area contributed by atoms with Crippen molar-refractivity contribution >= 4 is 11.6 Å². The highest BCUT2D eigenvalue weighted by Gasteiger charge is 2.25. The van der Waals surface area contributed by atoms with Crippen molar-refractivity contribution in [2.24, 2.45) is 0 Å². The zero-order valence-corrected chi connectivity index (χ0v) is 16.1. The lowest BCUT2D eigenvalue weighted by atomic mass is 10.0. The monoisotopic (exact) mass is 381 g/mol. The maximum absolute atomic E-state index is 6.04. The molecule has 6 heteroatoms. The SMILES string of the molecule is Clc1ccc(-c2n[nH]c3c2CN(Cc2cncn2C2CCCC2)CC3)cc1. The molecular formula is C21H24ClN5. The lowest BCUT2D eigenvalue weighted by Gasteiger charge is -2.28. The molecule has 1 aliphatic heterocycles. The molecule has 5 nitrogen and oxygen atoms in total. The Balaban J connectivity index is 1.36. The van der Waals surface area contributed by atoms with Gasteiger partial charge in [0.25, 0.3) is 0 Å². The first-order chi connectivity index (χ1) is 13.3. The fourth-order valence-electron chi connectivity index (χ4n) is 4.53. The summed E-state index contributed by atoms with van der Waals surface area (Å²) in [7, 11) is 0. The molecule has 1 saturated carbocycles. The third-order valence-corrected chi connectivity index (χ3v) is 6.23. The average molecular weight is 382 g/mol. The van der Waals surface area contributed by atoms with Crippen LogP contribution in [0.25, 0.3) is 11.3 Å². The van der Waals surface area contributed by atoms with Crippen molar-refractivity contribution < 1.29 is 0 Å². The summed E-state index contributed by atoms with van der Waals surface area (Å²) in [5.41, 5.74) is 6.09. The number of aromatic amines is 1. The summed E-state index contributed by atoms with van der Waals surface area (Å²) in [6.45, 7) is 2.91. The smallest absolute Gasteiger partial charge is 0.0968 e. The Bertz CT molecular complexity index is 920. The van der Waals surface area contributed by atoms with Gasteiger partial charge in [0.1, 0.15) is 0 Å². The highest BCUT2D eigenvalue weighted by Crippen LogP contribution is 2.32. The first-order valence-corrected chi connectivity index (χ1v) is 10.2. The minimum Gasteiger partial charge on any atom is -0.330 e. The van der Waals surface area contributed by atoms with Crippen LogP contribution >= 0.6 is 11.6 Å². The second-order valence-corrected chi connectivity index (χ2v) is 8.16. The fourth-order valence-corrected chi connectivity index (χ4v) is 4.65. The Morgan fingerprint density at radius 2 is 1.96 bits per heavy atom. The lowest BCUT2D eigenvalue weighted by molar-refractivity contribution is 0.236. The Hall–Kier alpha value is -2.11. The predicted molar refractivity (Wildman–Crippen MR) is 107 cm³/mol. The van der Waals surface area contributed by atoms with Crippen molar-refractivity contribution in [3.05, 3.63) is 58.8 Å². The second kappa shape index (κ2) is 7.13. The van der Waals surface area contributed by atoms with Gasteiger partial charge in [-0.2, -0.15) is 5.10 Å². The van der Waals surface area contributed by atoms with Crippen LogP contribution in [-0.4, -0.2) is 31.2 Å². The lowest BCUT2D eigenvalue weighted by Crippen LogP contribution is -2.31. The van der Waals surface area contributed by atoms with Crippen LogP contribution in [0.5, 0.6) is 0 Å². The summed E-state index contributed by atoms with van der Waals surface area (Å²) in [6.07, 6.45) is 10.3. The molecule has 5 rings (SSSR count). The van der Waals surface area contributed by atoms with Gasteiger partial charge in [0, 0.05) is 60.1 Å². The molecule has 140 valence electrons. The number of rotatable bonds is 4. The van der Waals surface area contributed by atoms with Crippen LogP contribution < -0.4 is 0 Å². The molecule has 1 fully saturated rings. The summed E-state index contributed by atoms with van der Waals surface area (Å²) in [5.74, 6) is 0. The Morgan fingerprint density at radius 1 is 1.15 bits per heavy atom. The molecule has 0 radical (unpaired) electrons. The van der Waals surface area contributed by atoms with Gasteiger partial charge in [0.15, 0.2) is 0 Å². The van der Waals surface area contributed by atoms with E-state index in [0.717, 1.165) is 42.3 Å². The first kappa shape index (κ1) is 17.0. The summed E-state index contributed by atoms with van der Waals surface area (Å²) >= 11 is 6.04. The van der Waals surface area contributed by atoms with Crippen LogP contribution in [0.4, 0.5) is 0 Å². The molecule has 1 N–H and O–H groups in total. The van der Waals surface area contributed by atoms with Gasteiger partial charge in [-0.15, -0.1) is 0 Å². The van der Waals surface area contributed by atoms with Gasteiger partial charge in [0.2, 0.25) is 0 Å². The minimum absolute atomic E-state index is 0.640. The van der Waals surface area contributed by atoms with Crippen LogP contribution in [0.2, 0.25) is 5.02 Å². The molecule has 2 aliphatic rings. The van der Waals surface area contributed by atoms with Gasteiger partial charge in [0.05, 0.1) is 17.7 Å². The molecule has 0 bridgehead atoms. The molecule has 1 aromatic carbocycles. The summed E-state index contributed by atoms with van der Waals surface area (Å²) in [4.78, 5) is 6.96. The minimum atomic E-state index is 0.640. The van der Waals surface area contributed by atoms with Crippen LogP contribution in [0.15, 0.2) is 36.8 Å². The molecule has 0 spiro atoms. The molecule has 0 unspecified atom stereocenters. The standard InChI is InChI=1S/C21H24ClN5/c22-16-7-5-15(6-8-16)21-19-13-26(10-9-20(19)24-25-21)12-18-11-23-14-27(18)17-3-1-2-4-17/h5-8,11,14,17H,1-4,9-10,12-13H2,(H,24,25). The Kier molecular flexibility index (Phi) is 4.50. The van der Waals surface area contributed by atoms with E-state index in [1.165, 1.54) is 42.6 Å². The van der Waals surface area contributed by atoms with Crippen LogP contribution in [0.3, 0.4) is 0 Å². The average Bonchev–Trinajstić information content (AvgIpc) is 3.42. The van der Waals surface area contributed by atoms with E-state index in [1.54, 1.807) is 0 Å². The van der Waals surface area contributed by atoms with Gasteiger partial charge in [-0.3, -0.25) is 10.00 Å². The fraction of sp³-hybridized carbons (Fsp3) is 0.429. The Labute approximate surface area is 164 Å². The van der Waals surface area contributed by atoms with E-state index in [-0.39, 0.29) is 0 Å². The summed E-state index contributed by atoms with van der Waals surface area (Å²) in [5, 5.41) is 8.60. The quantitative estimate of drug-likeness (QED) is 0.718. The topological polar surface area (TPSA) is 49.7 Å². The molecule has 3 heterocycles. The largest absolute Gasteiger partial charge is 0.330 e. The van der Waals surface area contributed by atoms with E-state index >= 15 is 0 Å². The predicted octanol–water partition coefficient (Wildman–Crippen LogP) is 4.60.